The van der Waals surface area contributed by atoms with Gasteiger partial charge in [0.1, 0.15) is 0 Å². The maximum absolute atomic E-state index is 4.40. The van der Waals surface area contributed by atoms with E-state index in [-0.39, 0.29) is 0 Å². The van der Waals surface area contributed by atoms with E-state index < -0.39 is 0 Å². The van der Waals surface area contributed by atoms with Crippen molar-refractivity contribution in [3.8, 4) is 0 Å². The molecule has 1 N–H and O–H groups in total. The van der Waals surface area contributed by atoms with Crippen LogP contribution in [0.15, 0.2) is 6.20 Å². The third-order valence-corrected chi connectivity index (χ3v) is 4.24. The molecule has 1 aromatic rings. The minimum Gasteiger partial charge on any atom is -0.310 e. The van der Waals surface area contributed by atoms with Crippen molar-refractivity contribution >= 4 is 0 Å². The summed E-state index contributed by atoms with van der Waals surface area (Å²) in [5, 5.41) is 8.08. The van der Waals surface area contributed by atoms with Crippen LogP contribution >= 0.6 is 0 Å². The number of nitrogens with one attached hydrogen (secondary N) is 1. The molecule has 0 aliphatic heterocycles. The normalized spacial score (nSPS) is 26.4. The summed E-state index contributed by atoms with van der Waals surface area (Å²) in [7, 11) is 1.99. The number of aryl methyl sites for hydroxylation is 2. The third kappa shape index (κ3) is 2.89. The summed E-state index contributed by atoms with van der Waals surface area (Å²) in [5.41, 5.74) is 2.48. The Morgan fingerprint density at radius 1 is 1.53 bits per heavy atom. The van der Waals surface area contributed by atoms with E-state index >= 15 is 0 Å². The first-order chi connectivity index (χ1) is 8.08. The molecule has 0 spiro atoms. The zero-order valence-electron chi connectivity index (χ0n) is 11.5. The van der Waals surface area contributed by atoms with Crippen LogP contribution in [0.4, 0.5) is 0 Å². The fourth-order valence-electron chi connectivity index (χ4n) is 3.01. The van der Waals surface area contributed by atoms with Gasteiger partial charge in [-0.15, -0.1) is 0 Å². The van der Waals surface area contributed by atoms with Crippen molar-refractivity contribution in [1.82, 2.24) is 15.1 Å². The summed E-state index contributed by atoms with van der Waals surface area (Å²) in [5.74, 6) is 1.76. The third-order valence-electron chi connectivity index (χ3n) is 4.24. The summed E-state index contributed by atoms with van der Waals surface area (Å²) >= 11 is 0. The van der Waals surface area contributed by atoms with E-state index in [2.05, 4.69) is 37.4 Å². The Hall–Kier alpha value is -0.830. The van der Waals surface area contributed by atoms with Gasteiger partial charge in [0.25, 0.3) is 0 Å². The number of hydrogen-bond donors (Lipinski definition) is 1. The Kier molecular flexibility index (Phi) is 3.87. The van der Waals surface area contributed by atoms with Gasteiger partial charge in [-0.1, -0.05) is 19.8 Å². The maximum Gasteiger partial charge on any atom is 0.0641 e. The molecule has 0 saturated heterocycles. The molecule has 1 saturated carbocycles. The number of nitrogens with zero attached hydrogens (tertiary/aromatic N) is 2. The molecule has 1 aliphatic rings. The lowest BCUT2D eigenvalue weighted by Gasteiger charge is -2.19. The first-order valence-corrected chi connectivity index (χ1v) is 6.81. The fraction of sp³-hybridized carbons (Fsp3) is 0.786. The van der Waals surface area contributed by atoms with Gasteiger partial charge in [0.05, 0.1) is 5.69 Å². The van der Waals surface area contributed by atoms with Gasteiger partial charge in [-0.2, -0.15) is 5.10 Å². The molecule has 3 nitrogen and oxygen atoms in total. The molecule has 3 heteroatoms. The molecule has 2 rings (SSSR count). The van der Waals surface area contributed by atoms with Crippen LogP contribution in [0.3, 0.4) is 0 Å². The van der Waals surface area contributed by atoms with Gasteiger partial charge in [-0.25, -0.2) is 0 Å². The largest absolute Gasteiger partial charge is 0.310 e. The van der Waals surface area contributed by atoms with Crippen LogP contribution in [0.25, 0.3) is 0 Å². The van der Waals surface area contributed by atoms with Crippen molar-refractivity contribution in [2.45, 2.75) is 46.1 Å². The second-order valence-electron chi connectivity index (χ2n) is 5.64. The topological polar surface area (TPSA) is 29.9 Å². The minimum atomic E-state index is 0.413. The van der Waals surface area contributed by atoms with Crippen LogP contribution in [0.5, 0.6) is 0 Å². The number of rotatable bonds is 4. The highest BCUT2D eigenvalue weighted by Crippen LogP contribution is 2.31. The molecule has 17 heavy (non-hydrogen) atoms. The zero-order valence-corrected chi connectivity index (χ0v) is 11.5. The monoisotopic (exact) mass is 235 g/mol. The first kappa shape index (κ1) is 12.6. The molecule has 1 heterocycles. The Balaban J connectivity index is 1.88. The molecule has 0 aromatic carbocycles. The molecular formula is C14H25N3. The highest BCUT2D eigenvalue weighted by molar-refractivity contribution is 5.19. The van der Waals surface area contributed by atoms with Crippen LogP contribution in [0.1, 0.15) is 50.4 Å². The van der Waals surface area contributed by atoms with Crippen LogP contribution in [-0.4, -0.2) is 16.3 Å². The molecule has 0 bridgehead atoms. The summed E-state index contributed by atoms with van der Waals surface area (Å²) in [6, 6.07) is 0.413. The van der Waals surface area contributed by atoms with Crippen LogP contribution in [0.2, 0.25) is 0 Å². The Morgan fingerprint density at radius 2 is 2.29 bits per heavy atom. The smallest absolute Gasteiger partial charge is 0.0641 e. The average Bonchev–Trinajstić information content (AvgIpc) is 2.81. The van der Waals surface area contributed by atoms with Crippen molar-refractivity contribution in [1.29, 1.82) is 0 Å². The van der Waals surface area contributed by atoms with Crippen LogP contribution in [0, 0.1) is 18.8 Å². The highest BCUT2D eigenvalue weighted by atomic mass is 15.3. The van der Waals surface area contributed by atoms with E-state index in [1.54, 1.807) is 0 Å². The molecule has 1 aromatic heterocycles. The van der Waals surface area contributed by atoms with Gasteiger partial charge in [0.2, 0.25) is 0 Å². The van der Waals surface area contributed by atoms with Crippen LogP contribution < -0.4 is 5.32 Å². The summed E-state index contributed by atoms with van der Waals surface area (Å²) in [4.78, 5) is 0. The van der Waals surface area contributed by atoms with E-state index in [0.717, 1.165) is 24.1 Å². The maximum atomic E-state index is 4.40. The summed E-state index contributed by atoms with van der Waals surface area (Å²) in [6.45, 7) is 7.87. The van der Waals surface area contributed by atoms with Gasteiger partial charge in [-0.05, 0) is 38.6 Å². The number of hydrogen-bond acceptors (Lipinski definition) is 2. The summed E-state index contributed by atoms with van der Waals surface area (Å²) < 4.78 is 1.90. The zero-order chi connectivity index (χ0) is 12.4. The predicted octanol–water partition coefficient (Wildman–Crippen LogP) is 2.82. The van der Waals surface area contributed by atoms with Crippen LogP contribution in [-0.2, 0) is 7.05 Å². The Morgan fingerprint density at radius 3 is 2.82 bits per heavy atom. The quantitative estimate of drug-likeness (QED) is 0.869. The minimum absolute atomic E-state index is 0.413. The molecule has 1 aliphatic carbocycles. The lowest BCUT2D eigenvalue weighted by atomic mass is 9.97. The van der Waals surface area contributed by atoms with Crippen molar-refractivity contribution in [2.75, 3.05) is 6.54 Å². The van der Waals surface area contributed by atoms with E-state index in [1.165, 1.54) is 24.8 Å². The number of aromatic nitrogens is 2. The van der Waals surface area contributed by atoms with Crippen molar-refractivity contribution in [2.24, 2.45) is 18.9 Å². The molecule has 3 atom stereocenters. The second-order valence-corrected chi connectivity index (χ2v) is 5.64. The van der Waals surface area contributed by atoms with E-state index in [4.69, 9.17) is 0 Å². The predicted molar refractivity (Wildman–Crippen MR) is 70.9 cm³/mol. The van der Waals surface area contributed by atoms with Gasteiger partial charge in [-0.3, -0.25) is 4.68 Å². The van der Waals surface area contributed by atoms with E-state index in [9.17, 15) is 0 Å². The Labute approximate surface area is 105 Å². The standard InChI is InChI=1S/C14H25N3/c1-10-6-5-7-13(10)8-15-11(2)14-9-17(4)16-12(14)3/h9-11,13,15H,5-8H2,1-4H3. The van der Waals surface area contributed by atoms with Gasteiger partial charge < -0.3 is 5.32 Å². The SMILES string of the molecule is Cc1nn(C)cc1C(C)NCC1CCCC1C. The van der Waals surface area contributed by atoms with E-state index in [0.29, 0.717) is 6.04 Å². The molecule has 96 valence electrons. The van der Waals surface area contributed by atoms with Crippen molar-refractivity contribution in [3.63, 3.8) is 0 Å². The molecule has 0 amide bonds. The van der Waals surface area contributed by atoms with Gasteiger partial charge in [0.15, 0.2) is 0 Å². The first-order valence-electron chi connectivity index (χ1n) is 6.81. The van der Waals surface area contributed by atoms with Crippen molar-refractivity contribution < 1.29 is 0 Å². The molecule has 3 unspecified atom stereocenters. The van der Waals surface area contributed by atoms with E-state index in [1.807, 2.05) is 11.7 Å². The Bertz CT molecular complexity index is 370. The highest BCUT2D eigenvalue weighted by Gasteiger charge is 2.23. The molecular weight excluding hydrogens is 210 g/mol. The molecule has 1 fully saturated rings. The lowest BCUT2D eigenvalue weighted by Crippen LogP contribution is -2.27. The summed E-state index contributed by atoms with van der Waals surface area (Å²) in [6.07, 6.45) is 6.35. The van der Waals surface area contributed by atoms with Gasteiger partial charge in [0, 0.05) is 24.8 Å². The average molecular weight is 235 g/mol. The second kappa shape index (κ2) is 5.21. The van der Waals surface area contributed by atoms with Crippen molar-refractivity contribution in [3.05, 3.63) is 17.5 Å². The lowest BCUT2D eigenvalue weighted by molar-refractivity contribution is 0.374. The molecule has 0 radical (unpaired) electrons. The fourth-order valence-corrected chi connectivity index (χ4v) is 3.01. The van der Waals surface area contributed by atoms with Gasteiger partial charge >= 0.3 is 0 Å².